The fraction of sp³-hybridized carbons (Fsp3) is 0. The minimum absolute atomic E-state index is 0. The first-order valence-corrected chi connectivity index (χ1v) is 0.612. The summed E-state index contributed by atoms with van der Waals surface area (Å²) in [6, 6.07) is 0. The standard InChI is InChI=1S/CH2O3.2H3N.Zn/c2-1(3)4;;;/h(H2,2,3,4);2*1H3;. The van der Waals surface area contributed by atoms with Crippen molar-refractivity contribution in [2.45, 2.75) is 0 Å². The van der Waals surface area contributed by atoms with Gasteiger partial charge in [-0.2, -0.15) is 0 Å². The van der Waals surface area contributed by atoms with Crippen LogP contribution >= 0.6 is 0 Å². The van der Waals surface area contributed by atoms with E-state index in [0.717, 1.165) is 0 Å². The van der Waals surface area contributed by atoms with E-state index < -0.39 is 6.16 Å². The molecule has 7 heavy (non-hydrogen) atoms. The smallest absolute Gasteiger partial charge is 0 e. The summed E-state index contributed by atoms with van der Waals surface area (Å²) in [5, 5.41) is 16.7. The molecule has 0 aromatic rings. The van der Waals surface area contributed by atoms with Crippen molar-refractivity contribution in [1.82, 2.24) is 12.3 Å². The Labute approximate surface area is 53.6 Å². The van der Waals surface area contributed by atoms with Crippen LogP contribution in [-0.2, 0) is 19.5 Å². The van der Waals surface area contributed by atoms with Crippen LogP contribution in [0.1, 0.15) is 0 Å². The van der Waals surface area contributed by atoms with Gasteiger partial charge in [-0.05, 0) is 6.16 Å². The van der Waals surface area contributed by atoms with Crippen LogP contribution in [0.25, 0.3) is 0 Å². The maximum atomic E-state index is 8.33. The predicted octanol–water partition coefficient (Wildman–Crippen LogP) is -1.70. The molecular weight excluding hydrogens is 153 g/mol. The molecule has 0 bridgehead atoms. The molecule has 0 fully saturated rings. The Morgan fingerprint density at radius 1 is 1.14 bits per heavy atom. The quantitative estimate of drug-likeness (QED) is 0.410. The van der Waals surface area contributed by atoms with Crippen molar-refractivity contribution in [3.05, 3.63) is 0 Å². The fourth-order valence-electron chi connectivity index (χ4n) is 0. The molecule has 0 amide bonds. The van der Waals surface area contributed by atoms with Crippen LogP contribution in [0, 0.1) is 0 Å². The summed E-state index contributed by atoms with van der Waals surface area (Å²) >= 11 is 0. The second-order valence-electron chi connectivity index (χ2n) is 0.250. The molecule has 0 spiro atoms. The summed E-state index contributed by atoms with van der Waals surface area (Å²) in [6.07, 6.45) is -2.33. The van der Waals surface area contributed by atoms with Crippen molar-refractivity contribution in [2.24, 2.45) is 0 Å². The Kier molecular flexibility index (Phi) is 70.7. The Morgan fingerprint density at radius 2 is 1.14 bits per heavy atom. The van der Waals surface area contributed by atoms with Crippen molar-refractivity contribution in [3.8, 4) is 0 Å². The summed E-state index contributed by atoms with van der Waals surface area (Å²) in [4.78, 5) is 8.33. The topological polar surface area (TPSA) is 136 Å². The van der Waals surface area contributed by atoms with E-state index in [4.69, 9.17) is 15.0 Å². The van der Waals surface area contributed by atoms with E-state index in [9.17, 15) is 0 Å². The fourth-order valence-corrected chi connectivity index (χ4v) is 0. The first kappa shape index (κ1) is 29.1. The second-order valence-corrected chi connectivity index (χ2v) is 0.250. The van der Waals surface area contributed by atoms with Gasteiger partial charge in [0.1, 0.15) is 0 Å². The largest absolute Gasteiger partial charge is 0.652 e. The van der Waals surface area contributed by atoms with E-state index in [-0.39, 0.29) is 31.8 Å². The molecule has 0 unspecified atom stereocenters. The Hall–Kier alpha value is -0.187. The van der Waals surface area contributed by atoms with Gasteiger partial charge in [0.05, 0.1) is 0 Å². The van der Waals surface area contributed by atoms with E-state index >= 15 is 0 Å². The molecule has 0 aromatic carbocycles. The van der Waals surface area contributed by atoms with Crippen LogP contribution in [0.3, 0.4) is 0 Å². The Bertz CT molecular complexity index is 35.9. The van der Waals surface area contributed by atoms with Gasteiger partial charge in [0.15, 0.2) is 0 Å². The minimum atomic E-state index is -2.33. The number of hydrogen-bond donors (Lipinski definition) is 2. The molecule has 0 atom stereocenters. The summed E-state index contributed by atoms with van der Waals surface area (Å²) in [5.41, 5.74) is 0. The maximum absolute atomic E-state index is 8.33. The van der Waals surface area contributed by atoms with Crippen molar-refractivity contribution in [3.63, 3.8) is 0 Å². The second kappa shape index (κ2) is 17.0. The average molecular weight is 161 g/mol. The number of carbonyl (C=O) groups is 1. The molecule has 0 aliphatic heterocycles. The Balaban J connectivity index is -0.0000000150. The number of rotatable bonds is 0. The summed E-state index contributed by atoms with van der Waals surface area (Å²) in [5.74, 6) is 0. The van der Waals surface area contributed by atoms with Crippen LogP contribution in [0.15, 0.2) is 0 Å². The summed E-state index contributed by atoms with van der Waals surface area (Å²) < 4.78 is 0. The van der Waals surface area contributed by atoms with Crippen molar-refractivity contribution < 1.29 is 34.5 Å². The van der Waals surface area contributed by atoms with Gasteiger partial charge in [0, 0.05) is 19.5 Å². The molecule has 0 radical (unpaired) electrons. The van der Waals surface area contributed by atoms with Crippen molar-refractivity contribution >= 4 is 6.16 Å². The zero-order valence-corrected chi connectivity index (χ0v) is 7.40. The number of quaternary nitrogens is 2. The Morgan fingerprint density at radius 3 is 1.14 bits per heavy atom. The van der Waals surface area contributed by atoms with Crippen LogP contribution in [-0.4, -0.2) is 6.16 Å². The normalized spacial score (nSPS) is 3.43. The third-order valence-electron chi connectivity index (χ3n) is 0. The molecule has 0 rings (SSSR count). The molecule has 6 heteroatoms. The van der Waals surface area contributed by atoms with Crippen molar-refractivity contribution in [2.75, 3.05) is 0 Å². The molecule has 8 N–H and O–H groups in total. The molecule has 0 aliphatic carbocycles. The van der Waals surface area contributed by atoms with Gasteiger partial charge in [0.2, 0.25) is 0 Å². The van der Waals surface area contributed by atoms with Crippen LogP contribution in [0.5, 0.6) is 0 Å². The summed E-state index contributed by atoms with van der Waals surface area (Å²) in [6.45, 7) is 0. The molecule has 0 saturated carbocycles. The molecule has 42 valence electrons. The van der Waals surface area contributed by atoms with Gasteiger partial charge in [-0.25, -0.2) is 0 Å². The van der Waals surface area contributed by atoms with Gasteiger partial charge >= 0.3 is 0 Å². The minimum Gasteiger partial charge on any atom is -0.652 e. The number of hydrogen-bond acceptors (Lipinski definition) is 3. The zero-order valence-electron chi connectivity index (χ0n) is 4.43. The molecule has 0 aliphatic rings. The number of carboxylic acid groups (broad SMARTS) is 2. The zero-order chi connectivity index (χ0) is 3.58. The van der Waals surface area contributed by atoms with Gasteiger partial charge in [-0.15, -0.1) is 0 Å². The van der Waals surface area contributed by atoms with Crippen molar-refractivity contribution in [1.29, 1.82) is 0 Å². The van der Waals surface area contributed by atoms with E-state index in [1.165, 1.54) is 0 Å². The molecule has 0 heterocycles. The first-order chi connectivity index (χ1) is 1.73. The van der Waals surface area contributed by atoms with Gasteiger partial charge in [-0.3, -0.25) is 0 Å². The van der Waals surface area contributed by atoms with Crippen LogP contribution in [0.2, 0.25) is 0 Å². The third-order valence-corrected chi connectivity index (χ3v) is 0. The van der Waals surface area contributed by atoms with Crippen LogP contribution in [0.4, 0.5) is 4.79 Å². The van der Waals surface area contributed by atoms with Gasteiger partial charge < -0.3 is 27.3 Å². The van der Waals surface area contributed by atoms with Gasteiger partial charge in [0.25, 0.3) is 0 Å². The first-order valence-electron chi connectivity index (χ1n) is 0.612. The van der Waals surface area contributed by atoms with E-state index in [2.05, 4.69) is 0 Å². The van der Waals surface area contributed by atoms with Gasteiger partial charge in [-0.1, -0.05) is 0 Å². The summed E-state index contributed by atoms with van der Waals surface area (Å²) in [7, 11) is 0. The third kappa shape index (κ3) is 2430. The monoisotopic (exact) mass is 160 g/mol. The van der Waals surface area contributed by atoms with Crippen LogP contribution < -0.4 is 22.5 Å². The molecule has 0 aromatic heterocycles. The van der Waals surface area contributed by atoms with E-state index in [1.54, 1.807) is 0 Å². The molecule has 0 saturated heterocycles. The predicted molar refractivity (Wildman–Crippen MR) is 17.4 cm³/mol. The van der Waals surface area contributed by atoms with E-state index in [1.807, 2.05) is 0 Å². The number of carbonyl (C=O) groups excluding carboxylic acids is 1. The van der Waals surface area contributed by atoms with E-state index in [0.29, 0.717) is 0 Å². The average Bonchev–Trinajstić information content (AvgIpc) is 0.811. The molecule has 5 nitrogen and oxygen atoms in total. The maximum Gasteiger partial charge on any atom is 0 e. The SMILES string of the molecule is O=C([O-])[O-].[NH4+].[NH4+].[Zn]. The molecular formula is CH8N2O3Zn.